The van der Waals surface area contributed by atoms with Crippen LogP contribution < -0.4 is 0 Å². The third-order valence-corrected chi connectivity index (χ3v) is 4.75. The number of Topliss-reactive ketones (excluding diaryl/α,β-unsaturated/α-hetero) is 1. The lowest BCUT2D eigenvalue weighted by Gasteiger charge is -2.27. The van der Waals surface area contributed by atoms with Crippen molar-refractivity contribution in [2.24, 2.45) is 0 Å². The number of furan rings is 1. The van der Waals surface area contributed by atoms with Gasteiger partial charge in [-0.05, 0) is 35.9 Å². The Labute approximate surface area is 156 Å². The van der Waals surface area contributed by atoms with Gasteiger partial charge in [0.05, 0.1) is 34.4 Å². The summed E-state index contributed by atoms with van der Waals surface area (Å²) < 4.78 is 17.1. The van der Waals surface area contributed by atoms with Crippen LogP contribution >= 0.6 is 22.6 Å². The summed E-state index contributed by atoms with van der Waals surface area (Å²) in [5, 5.41) is 10.8. The Morgan fingerprint density at radius 1 is 1.24 bits per heavy atom. The molecule has 1 aromatic carbocycles. The molecule has 0 aliphatic carbocycles. The normalized spacial score (nSPS) is 16.8. The van der Waals surface area contributed by atoms with E-state index in [1.807, 2.05) is 0 Å². The third-order valence-electron chi connectivity index (χ3n) is 3.74. The molecule has 1 fully saturated rings. The predicted molar refractivity (Wildman–Crippen MR) is 97.6 cm³/mol. The van der Waals surface area contributed by atoms with E-state index in [-0.39, 0.29) is 17.2 Å². The highest BCUT2D eigenvalue weighted by Gasteiger charge is 2.43. The molecule has 1 saturated heterocycles. The summed E-state index contributed by atoms with van der Waals surface area (Å²) in [4.78, 5) is 23.2. The minimum absolute atomic E-state index is 0.0203. The van der Waals surface area contributed by atoms with E-state index in [0.29, 0.717) is 28.8 Å². The van der Waals surface area contributed by atoms with Gasteiger partial charge in [-0.2, -0.15) is 0 Å². The van der Waals surface area contributed by atoms with Gasteiger partial charge in [-0.25, -0.2) is 0 Å². The molecule has 1 aliphatic heterocycles. The second-order valence-electron chi connectivity index (χ2n) is 5.30. The molecule has 0 N–H and O–H groups in total. The molecular formula is C17H14INO6. The molecule has 0 unspecified atom stereocenters. The SMILES string of the molecule is O=C(/C(=C/c1ccc([N+](=O)[O-])cc1)C1(CI)OCCO1)c1ccco1. The summed E-state index contributed by atoms with van der Waals surface area (Å²) in [7, 11) is 0. The van der Waals surface area contributed by atoms with E-state index in [4.69, 9.17) is 13.9 Å². The topological polar surface area (TPSA) is 91.8 Å². The molecule has 25 heavy (non-hydrogen) atoms. The Kier molecular flexibility index (Phi) is 5.30. The molecule has 0 atom stereocenters. The van der Waals surface area contributed by atoms with E-state index in [1.54, 1.807) is 30.3 Å². The van der Waals surface area contributed by atoms with Crippen LogP contribution in [0.4, 0.5) is 5.69 Å². The largest absolute Gasteiger partial charge is 0.461 e. The van der Waals surface area contributed by atoms with Crippen LogP contribution in [0.25, 0.3) is 6.08 Å². The van der Waals surface area contributed by atoms with Gasteiger partial charge in [0.15, 0.2) is 5.76 Å². The number of non-ortho nitro benzene ring substituents is 1. The van der Waals surface area contributed by atoms with Crippen molar-refractivity contribution in [3.8, 4) is 0 Å². The predicted octanol–water partition coefficient (Wildman–Crippen LogP) is 3.63. The maximum Gasteiger partial charge on any atom is 0.269 e. The van der Waals surface area contributed by atoms with Crippen molar-refractivity contribution in [1.82, 2.24) is 0 Å². The number of nitro benzene ring substituents is 1. The molecule has 130 valence electrons. The quantitative estimate of drug-likeness (QED) is 0.165. The second kappa shape index (κ2) is 7.46. The van der Waals surface area contributed by atoms with Crippen molar-refractivity contribution < 1.29 is 23.6 Å². The number of hydrogen-bond acceptors (Lipinski definition) is 6. The number of nitrogens with zero attached hydrogens (tertiary/aromatic N) is 1. The highest BCUT2D eigenvalue weighted by molar-refractivity contribution is 14.1. The zero-order chi connectivity index (χ0) is 17.9. The number of halogens is 1. The fraction of sp³-hybridized carbons (Fsp3) is 0.235. The summed E-state index contributed by atoms with van der Waals surface area (Å²) in [6.45, 7) is 0.762. The molecule has 0 bridgehead atoms. The summed E-state index contributed by atoms with van der Waals surface area (Å²) in [5.74, 6) is -1.33. The summed E-state index contributed by atoms with van der Waals surface area (Å²) in [5.41, 5.74) is 0.903. The van der Waals surface area contributed by atoms with Gasteiger partial charge in [0.2, 0.25) is 11.6 Å². The standard InChI is InChI=1S/C17H14INO6/c18-11-17(24-8-9-25-17)14(16(20)15-2-1-7-23-15)10-12-3-5-13(6-4-12)19(21)22/h1-7,10H,8-9,11H2/b14-10-. The monoisotopic (exact) mass is 455 g/mol. The molecule has 0 amide bonds. The van der Waals surface area contributed by atoms with Crippen molar-refractivity contribution >= 4 is 40.1 Å². The maximum absolute atomic E-state index is 12.9. The highest BCUT2D eigenvalue weighted by atomic mass is 127. The van der Waals surface area contributed by atoms with Crippen LogP contribution in [0.5, 0.6) is 0 Å². The first kappa shape index (κ1) is 17.8. The molecule has 1 aromatic heterocycles. The molecule has 0 spiro atoms. The van der Waals surface area contributed by atoms with Gasteiger partial charge in [-0.3, -0.25) is 14.9 Å². The zero-order valence-electron chi connectivity index (χ0n) is 13.0. The van der Waals surface area contributed by atoms with Crippen LogP contribution in [-0.4, -0.2) is 34.1 Å². The van der Waals surface area contributed by atoms with Gasteiger partial charge in [0, 0.05) is 12.1 Å². The highest BCUT2D eigenvalue weighted by Crippen LogP contribution is 2.34. The lowest BCUT2D eigenvalue weighted by molar-refractivity contribution is -0.384. The number of alkyl halides is 1. The Bertz CT molecular complexity index is 791. The first-order valence-corrected chi connectivity index (χ1v) is 8.97. The van der Waals surface area contributed by atoms with Gasteiger partial charge in [0.1, 0.15) is 0 Å². The molecule has 8 heteroatoms. The smallest absolute Gasteiger partial charge is 0.269 e. The van der Waals surface area contributed by atoms with Gasteiger partial charge < -0.3 is 13.9 Å². The van der Waals surface area contributed by atoms with Crippen molar-refractivity contribution in [3.05, 3.63) is 69.7 Å². The number of rotatable bonds is 6. The Hall–Kier alpha value is -2.04. The van der Waals surface area contributed by atoms with Crippen LogP contribution in [0.2, 0.25) is 0 Å². The van der Waals surface area contributed by atoms with E-state index in [2.05, 4.69) is 22.6 Å². The first-order chi connectivity index (χ1) is 12.1. The van der Waals surface area contributed by atoms with Gasteiger partial charge in [-0.1, -0.05) is 22.6 Å². The van der Waals surface area contributed by atoms with Crippen LogP contribution in [0, 0.1) is 10.1 Å². The van der Waals surface area contributed by atoms with Gasteiger partial charge >= 0.3 is 0 Å². The Morgan fingerprint density at radius 2 is 1.92 bits per heavy atom. The number of ketones is 1. The van der Waals surface area contributed by atoms with Gasteiger partial charge in [-0.15, -0.1) is 0 Å². The van der Waals surface area contributed by atoms with E-state index in [0.717, 1.165) is 0 Å². The summed E-state index contributed by atoms with van der Waals surface area (Å²) in [6, 6.07) is 9.11. The van der Waals surface area contributed by atoms with Crippen molar-refractivity contribution in [2.45, 2.75) is 5.79 Å². The number of carbonyl (C=O) groups excluding carboxylic acids is 1. The van der Waals surface area contributed by atoms with Crippen LogP contribution in [0.3, 0.4) is 0 Å². The molecule has 0 saturated carbocycles. The van der Waals surface area contributed by atoms with Crippen molar-refractivity contribution in [3.63, 3.8) is 0 Å². The fourth-order valence-corrected chi connectivity index (χ4v) is 3.36. The Morgan fingerprint density at radius 3 is 2.44 bits per heavy atom. The average molecular weight is 455 g/mol. The Balaban J connectivity index is 2.04. The average Bonchev–Trinajstić information content (AvgIpc) is 3.31. The third kappa shape index (κ3) is 3.65. The number of carbonyl (C=O) groups is 1. The minimum Gasteiger partial charge on any atom is -0.461 e. The van der Waals surface area contributed by atoms with Crippen molar-refractivity contribution in [2.75, 3.05) is 17.6 Å². The number of benzene rings is 1. The molecule has 7 nitrogen and oxygen atoms in total. The van der Waals surface area contributed by atoms with Gasteiger partial charge in [0.25, 0.3) is 5.69 Å². The van der Waals surface area contributed by atoms with Crippen LogP contribution in [-0.2, 0) is 9.47 Å². The number of nitro groups is 1. The molecule has 2 heterocycles. The van der Waals surface area contributed by atoms with E-state index in [1.165, 1.54) is 18.4 Å². The fourth-order valence-electron chi connectivity index (χ4n) is 2.51. The maximum atomic E-state index is 12.9. The first-order valence-electron chi connectivity index (χ1n) is 7.44. The molecular weight excluding hydrogens is 441 g/mol. The molecule has 3 rings (SSSR count). The lowest BCUT2D eigenvalue weighted by atomic mass is 9.98. The molecule has 1 aliphatic rings. The van der Waals surface area contributed by atoms with Crippen molar-refractivity contribution in [1.29, 1.82) is 0 Å². The second-order valence-corrected chi connectivity index (χ2v) is 6.06. The number of ether oxygens (including phenoxy) is 2. The molecule has 0 radical (unpaired) electrons. The summed E-state index contributed by atoms with van der Waals surface area (Å²) >= 11 is 2.10. The zero-order valence-corrected chi connectivity index (χ0v) is 15.2. The van der Waals surface area contributed by atoms with Crippen LogP contribution in [0.15, 0.2) is 52.7 Å². The van der Waals surface area contributed by atoms with Crippen LogP contribution in [0.1, 0.15) is 16.1 Å². The van der Waals surface area contributed by atoms with E-state index >= 15 is 0 Å². The number of hydrogen-bond donors (Lipinski definition) is 0. The van der Waals surface area contributed by atoms with E-state index < -0.39 is 10.7 Å². The molecule has 2 aromatic rings. The minimum atomic E-state index is -1.16. The van der Waals surface area contributed by atoms with E-state index in [9.17, 15) is 14.9 Å². The lowest BCUT2D eigenvalue weighted by Crippen LogP contribution is -2.38. The summed E-state index contributed by atoms with van der Waals surface area (Å²) in [6.07, 6.45) is 3.04.